The van der Waals surface area contributed by atoms with E-state index in [1.807, 2.05) is 24.3 Å². The topological polar surface area (TPSA) is 65.8 Å². The second-order valence-electron chi connectivity index (χ2n) is 5.02. The van der Waals surface area contributed by atoms with Crippen molar-refractivity contribution in [1.29, 1.82) is 5.26 Å². The predicted molar refractivity (Wildman–Crippen MR) is 93.8 cm³/mol. The first-order chi connectivity index (χ1) is 11.7. The Morgan fingerprint density at radius 3 is 2.42 bits per heavy atom. The molecule has 0 fully saturated rings. The van der Waals surface area contributed by atoms with Crippen molar-refractivity contribution >= 4 is 23.3 Å². The fraction of sp³-hybridized carbons (Fsp3) is 0. The van der Waals surface area contributed by atoms with Crippen LogP contribution in [0, 0.1) is 11.3 Å². The zero-order valence-corrected chi connectivity index (χ0v) is 13.3. The van der Waals surface area contributed by atoms with Crippen LogP contribution in [-0.4, -0.2) is 10.9 Å². The molecule has 4 nitrogen and oxygen atoms in total. The van der Waals surface area contributed by atoms with Crippen molar-refractivity contribution in [3.63, 3.8) is 0 Å². The van der Waals surface area contributed by atoms with Crippen LogP contribution in [0.4, 0.5) is 5.82 Å². The van der Waals surface area contributed by atoms with Gasteiger partial charge in [0, 0.05) is 17.3 Å². The smallest absolute Gasteiger partial charge is 0.257 e. The van der Waals surface area contributed by atoms with Crippen molar-refractivity contribution in [2.24, 2.45) is 0 Å². The van der Waals surface area contributed by atoms with Crippen LogP contribution in [0.3, 0.4) is 0 Å². The lowest BCUT2D eigenvalue weighted by atomic mass is 9.95. The minimum Gasteiger partial charge on any atom is -0.307 e. The van der Waals surface area contributed by atoms with Crippen molar-refractivity contribution in [1.82, 2.24) is 4.98 Å². The SMILES string of the molecule is N#Cc1ccccc1-c1ccccc1C(=O)Nc1ccc(Cl)cn1. The first-order valence-corrected chi connectivity index (χ1v) is 7.58. The van der Waals surface area contributed by atoms with Gasteiger partial charge in [-0.05, 0) is 29.8 Å². The summed E-state index contributed by atoms with van der Waals surface area (Å²) >= 11 is 5.80. The number of hydrogen-bond acceptors (Lipinski definition) is 3. The van der Waals surface area contributed by atoms with Gasteiger partial charge in [-0.3, -0.25) is 4.79 Å². The standard InChI is InChI=1S/C19H12ClN3O/c20-14-9-10-18(22-12-14)23-19(24)17-8-4-3-7-16(17)15-6-2-1-5-13(15)11-21/h1-10,12H,(H,22,23,24). The molecule has 0 saturated heterocycles. The van der Waals surface area contributed by atoms with E-state index in [1.165, 1.54) is 6.20 Å². The number of carbonyl (C=O) groups excluding carboxylic acids is 1. The van der Waals surface area contributed by atoms with Gasteiger partial charge < -0.3 is 5.32 Å². The van der Waals surface area contributed by atoms with E-state index in [2.05, 4.69) is 16.4 Å². The van der Waals surface area contributed by atoms with Crippen molar-refractivity contribution < 1.29 is 4.79 Å². The molecule has 0 saturated carbocycles. The molecule has 0 unspecified atom stereocenters. The van der Waals surface area contributed by atoms with E-state index in [-0.39, 0.29) is 5.91 Å². The molecule has 1 N–H and O–H groups in total. The Kier molecular flexibility index (Phi) is 4.55. The molecule has 0 spiro atoms. The maximum atomic E-state index is 12.6. The van der Waals surface area contributed by atoms with Gasteiger partial charge in [-0.2, -0.15) is 5.26 Å². The molecule has 5 heteroatoms. The second-order valence-corrected chi connectivity index (χ2v) is 5.46. The van der Waals surface area contributed by atoms with Gasteiger partial charge in [-0.15, -0.1) is 0 Å². The third-order valence-electron chi connectivity index (χ3n) is 3.48. The summed E-state index contributed by atoms with van der Waals surface area (Å²) < 4.78 is 0. The van der Waals surface area contributed by atoms with Crippen LogP contribution in [0.5, 0.6) is 0 Å². The van der Waals surface area contributed by atoms with Crippen LogP contribution < -0.4 is 5.32 Å². The van der Waals surface area contributed by atoms with E-state index in [0.29, 0.717) is 27.5 Å². The van der Waals surface area contributed by atoms with E-state index in [4.69, 9.17) is 11.6 Å². The van der Waals surface area contributed by atoms with E-state index in [1.54, 1.807) is 36.4 Å². The van der Waals surface area contributed by atoms with Crippen molar-refractivity contribution in [2.75, 3.05) is 5.32 Å². The predicted octanol–water partition coefficient (Wildman–Crippen LogP) is 4.53. The number of aromatic nitrogens is 1. The Hall–Kier alpha value is -3.16. The van der Waals surface area contributed by atoms with Gasteiger partial charge in [-0.1, -0.05) is 48.0 Å². The minimum atomic E-state index is -0.298. The average Bonchev–Trinajstić information content (AvgIpc) is 2.63. The molecule has 24 heavy (non-hydrogen) atoms. The summed E-state index contributed by atoms with van der Waals surface area (Å²) in [7, 11) is 0. The van der Waals surface area contributed by atoms with Gasteiger partial charge in [0.05, 0.1) is 16.7 Å². The molecule has 1 aromatic heterocycles. The van der Waals surface area contributed by atoms with Gasteiger partial charge in [0.25, 0.3) is 5.91 Å². The fourth-order valence-corrected chi connectivity index (χ4v) is 2.48. The number of amides is 1. The zero-order valence-electron chi connectivity index (χ0n) is 12.5. The third kappa shape index (κ3) is 3.27. The summed E-state index contributed by atoms with van der Waals surface area (Å²) in [5.74, 6) is 0.112. The number of anilines is 1. The number of nitriles is 1. The molecule has 0 radical (unpaired) electrons. The molecule has 0 aliphatic carbocycles. The van der Waals surface area contributed by atoms with Crippen LogP contribution >= 0.6 is 11.6 Å². The van der Waals surface area contributed by atoms with Crippen molar-refractivity contribution in [2.45, 2.75) is 0 Å². The normalized spacial score (nSPS) is 10.0. The number of halogens is 1. The minimum absolute atomic E-state index is 0.298. The summed E-state index contributed by atoms with van der Waals surface area (Å²) in [5, 5.41) is 12.5. The van der Waals surface area contributed by atoms with E-state index in [9.17, 15) is 10.1 Å². The molecule has 116 valence electrons. The van der Waals surface area contributed by atoms with Crippen LogP contribution in [0.15, 0.2) is 66.9 Å². The van der Waals surface area contributed by atoms with Crippen molar-refractivity contribution in [3.8, 4) is 17.2 Å². The Labute approximate surface area is 144 Å². The van der Waals surface area contributed by atoms with E-state index in [0.717, 1.165) is 5.56 Å². The Bertz CT molecular complexity index is 930. The Morgan fingerprint density at radius 2 is 1.71 bits per heavy atom. The molecule has 1 heterocycles. The van der Waals surface area contributed by atoms with Gasteiger partial charge in [0.15, 0.2) is 0 Å². The molecular formula is C19H12ClN3O. The maximum Gasteiger partial charge on any atom is 0.257 e. The quantitative estimate of drug-likeness (QED) is 0.766. The van der Waals surface area contributed by atoms with Gasteiger partial charge in [0.2, 0.25) is 0 Å². The number of pyridine rings is 1. The number of benzene rings is 2. The average molecular weight is 334 g/mol. The molecule has 3 rings (SSSR count). The molecular weight excluding hydrogens is 322 g/mol. The van der Waals surface area contributed by atoms with Crippen LogP contribution in [0.25, 0.3) is 11.1 Å². The lowest BCUT2D eigenvalue weighted by Crippen LogP contribution is -2.14. The number of carbonyl (C=O) groups is 1. The monoisotopic (exact) mass is 333 g/mol. The second kappa shape index (κ2) is 6.95. The van der Waals surface area contributed by atoms with Gasteiger partial charge >= 0.3 is 0 Å². The molecule has 0 bridgehead atoms. The number of hydrogen-bond donors (Lipinski definition) is 1. The lowest BCUT2D eigenvalue weighted by molar-refractivity contribution is 0.102. The van der Waals surface area contributed by atoms with Crippen molar-refractivity contribution in [3.05, 3.63) is 83.0 Å². The number of nitrogens with one attached hydrogen (secondary N) is 1. The molecule has 0 aliphatic heterocycles. The van der Waals surface area contributed by atoms with Gasteiger partial charge in [0.1, 0.15) is 5.82 Å². The zero-order chi connectivity index (χ0) is 16.9. The summed E-state index contributed by atoms with van der Waals surface area (Å²) in [6.45, 7) is 0. The van der Waals surface area contributed by atoms with Crippen LogP contribution in [0.1, 0.15) is 15.9 Å². The molecule has 0 aliphatic rings. The Balaban J connectivity index is 1.99. The highest BCUT2D eigenvalue weighted by molar-refractivity contribution is 6.30. The highest BCUT2D eigenvalue weighted by Gasteiger charge is 2.15. The highest BCUT2D eigenvalue weighted by Crippen LogP contribution is 2.27. The third-order valence-corrected chi connectivity index (χ3v) is 3.70. The van der Waals surface area contributed by atoms with Crippen LogP contribution in [0.2, 0.25) is 5.02 Å². The van der Waals surface area contributed by atoms with E-state index >= 15 is 0 Å². The summed E-state index contributed by atoms with van der Waals surface area (Å²) in [4.78, 5) is 16.7. The fourth-order valence-electron chi connectivity index (χ4n) is 2.36. The molecule has 2 aromatic carbocycles. The first-order valence-electron chi connectivity index (χ1n) is 7.20. The van der Waals surface area contributed by atoms with Gasteiger partial charge in [-0.25, -0.2) is 4.98 Å². The lowest BCUT2D eigenvalue weighted by Gasteiger charge is -2.11. The Morgan fingerprint density at radius 1 is 1.00 bits per heavy atom. The first kappa shape index (κ1) is 15.7. The summed E-state index contributed by atoms with van der Waals surface area (Å²) in [6, 6.07) is 19.8. The molecule has 3 aromatic rings. The van der Waals surface area contributed by atoms with Crippen LogP contribution in [-0.2, 0) is 0 Å². The largest absolute Gasteiger partial charge is 0.307 e. The molecule has 1 amide bonds. The highest BCUT2D eigenvalue weighted by atomic mass is 35.5. The number of rotatable bonds is 3. The summed E-state index contributed by atoms with van der Waals surface area (Å²) in [6.07, 6.45) is 1.47. The maximum absolute atomic E-state index is 12.6. The molecule has 0 atom stereocenters. The number of nitrogens with zero attached hydrogens (tertiary/aromatic N) is 2. The van der Waals surface area contributed by atoms with E-state index < -0.39 is 0 Å². The summed E-state index contributed by atoms with van der Waals surface area (Å²) in [5.41, 5.74) is 2.40.